The quantitative estimate of drug-likeness (QED) is 0.686. The van der Waals surface area contributed by atoms with Gasteiger partial charge in [-0.05, 0) is 49.8 Å². The molecule has 0 saturated heterocycles. The first-order chi connectivity index (χ1) is 10.3. The van der Waals surface area contributed by atoms with Crippen molar-refractivity contribution in [1.82, 2.24) is 5.32 Å². The first-order valence-electron chi connectivity index (χ1n) is 8.74. The van der Waals surface area contributed by atoms with Crippen LogP contribution in [0.3, 0.4) is 0 Å². The summed E-state index contributed by atoms with van der Waals surface area (Å²) in [6.07, 6.45) is 9.38. The van der Waals surface area contributed by atoms with Gasteiger partial charge in [0.2, 0.25) is 0 Å². The molecule has 0 aromatic heterocycles. The molecule has 0 radical (unpaired) electrons. The first-order valence-corrected chi connectivity index (χ1v) is 8.74. The lowest BCUT2D eigenvalue weighted by molar-refractivity contribution is 0.280. The Morgan fingerprint density at radius 1 is 1.14 bits per heavy atom. The van der Waals surface area contributed by atoms with Crippen molar-refractivity contribution >= 4 is 0 Å². The Bertz CT molecular complexity index is 381. The minimum Gasteiger partial charge on any atom is -0.494 e. The van der Waals surface area contributed by atoms with Gasteiger partial charge in [0.05, 0.1) is 6.61 Å². The van der Waals surface area contributed by atoms with Gasteiger partial charge in [0.25, 0.3) is 0 Å². The molecule has 1 saturated carbocycles. The Labute approximate surface area is 130 Å². The second-order valence-corrected chi connectivity index (χ2v) is 6.41. The Kier molecular flexibility index (Phi) is 7.08. The van der Waals surface area contributed by atoms with Crippen molar-refractivity contribution in [3.63, 3.8) is 0 Å². The maximum Gasteiger partial charge on any atom is 0.119 e. The van der Waals surface area contributed by atoms with E-state index in [9.17, 15) is 0 Å². The van der Waals surface area contributed by atoms with Crippen molar-refractivity contribution in [3.8, 4) is 5.75 Å². The zero-order valence-corrected chi connectivity index (χ0v) is 13.7. The van der Waals surface area contributed by atoms with Gasteiger partial charge in [0.15, 0.2) is 0 Å². The maximum atomic E-state index is 5.70. The van der Waals surface area contributed by atoms with Crippen LogP contribution < -0.4 is 10.1 Å². The van der Waals surface area contributed by atoms with E-state index in [0.717, 1.165) is 31.2 Å². The second-order valence-electron chi connectivity index (χ2n) is 6.41. The molecule has 2 nitrogen and oxygen atoms in total. The van der Waals surface area contributed by atoms with Crippen LogP contribution in [0.25, 0.3) is 0 Å². The first kappa shape index (κ1) is 16.4. The van der Waals surface area contributed by atoms with Crippen LogP contribution in [-0.4, -0.2) is 12.6 Å². The smallest absolute Gasteiger partial charge is 0.119 e. The summed E-state index contributed by atoms with van der Waals surface area (Å²) in [6.45, 7) is 6.32. The summed E-state index contributed by atoms with van der Waals surface area (Å²) in [5.41, 5.74) is 1.35. The minimum absolute atomic E-state index is 0.630. The van der Waals surface area contributed by atoms with Crippen LogP contribution >= 0.6 is 0 Å². The lowest BCUT2D eigenvalue weighted by atomic mass is 9.84. The van der Waals surface area contributed by atoms with Gasteiger partial charge in [-0.1, -0.05) is 44.7 Å². The van der Waals surface area contributed by atoms with Crippen LogP contribution in [-0.2, 0) is 6.54 Å². The lowest BCUT2D eigenvalue weighted by Gasteiger charge is -2.28. The SMILES string of the molecule is CCCCOc1ccc(CNC(C)C2CCCCC2)cc1. The summed E-state index contributed by atoms with van der Waals surface area (Å²) in [6, 6.07) is 9.19. The van der Waals surface area contributed by atoms with Gasteiger partial charge in [0.1, 0.15) is 5.75 Å². The topological polar surface area (TPSA) is 21.3 Å². The number of hydrogen-bond donors (Lipinski definition) is 1. The number of benzene rings is 1. The predicted molar refractivity (Wildman–Crippen MR) is 89.7 cm³/mol. The van der Waals surface area contributed by atoms with E-state index in [2.05, 4.69) is 43.4 Å². The number of hydrogen-bond acceptors (Lipinski definition) is 2. The fourth-order valence-electron chi connectivity index (χ4n) is 3.12. The number of rotatable bonds is 8. The Morgan fingerprint density at radius 2 is 1.86 bits per heavy atom. The number of unbranched alkanes of at least 4 members (excludes halogenated alkanes) is 1. The molecule has 1 atom stereocenters. The molecule has 1 aromatic rings. The highest BCUT2D eigenvalue weighted by Gasteiger charge is 2.19. The van der Waals surface area contributed by atoms with Gasteiger partial charge in [0, 0.05) is 12.6 Å². The third-order valence-electron chi connectivity index (χ3n) is 4.68. The largest absolute Gasteiger partial charge is 0.494 e. The van der Waals surface area contributed by atoms with E-state index in [-0.39, 0.29) is 0 Å². The zero-order valence-electron chi connectivity index (χ0n) is 13.7. The normalized spacial score (nSPS) is 17.6. The van der Waals surface area contributed by atoms with E-state index in [0.29, 0.717) is 6.04 Å². The van der Waals surface area contributed by atoms with Crippen LogP contribution in [0, 0.1) is 5.92 Å². The molecule has 1 aliphatic rings. The number of nitrogens with one attached hydrogen (secondary N) is 1. The summed E-state index contributed by atoms with van der Waals surface area (Å²) in [7, 11) is 0. The molecule has 2 heteroatoms. The molecular formula is C19H31NO. The fourth-order valence-corrected chi connectivity index (χ4v) is 3.12. The Hall–Kier alpha value is -1.02. The van der Waals surface area contributed by atoms with E-state index >= 15 is 0 Å². The van der Waals surface area contributed by atoms with Gasteiger partial charge in [-0.15, -0.1) is 0 Å². The van der Waals surface area contributed by atoms with Crippen LogP contribution in [0.5, 0.6) is 5.75 Å². The summed E-state index contributed by atoms with van der Waals surface area (Å²) in [5, 5.41) is 3.70. The van der Waals surface area contributed by atoms with Gasteiger partial charge < -0.3 is 10.1 Å². The molecule has 0 spiro atoms. The van der Waals surface area contributed by atoms with Gasteiger partial charge in [-0.3, -0.25) is 0 Å². The molecule has 1 N–H and O–H groups in total. The average Bonchev–Trinajstić information content (AvgIpc) is 2.55. The standard InChI is InChI=1S/C19H31NO/c1-3-4-14-21-19-12-10-17(11-13-19)15-20-16(2)18-8-6-5-7-9-18/h10-13,16,18,20H,3-9,14-15H2,1-2H3. The molecule has 118 valence electrons. The summed E-state index contributed by atoms with van der Waals surface area (Å²) in [5.74, 6) is 1.86. The van der Waals surface area contributed by atoms with Gasteiger partial charge >= 0.3 is 0 Å². The van der Waals surface area contributed by atoms with E-state index in [4.69, 9.17) is 4.74 Å². The number of ether oxygens (including phenoxy) is 1. The van der Waals surface area contributed by atoms with E-state index in [1.165, 1.54) is 44.1 Å². The fraction of sp³-hybridized carbons (Fsp3) is 0.684. The van der Waals surface area contributed by atoms with Crippen molar-refractivity contribution in [3.05, 3.63) is 29.8 Å². The molecule has 1 aromatic carbocycles. The molecule has 1 fully saturated rings. The summed E-state index contributed by atoms with van der Waals surface area (Å²) in [4.78, 5) is 0. The third-order valence-corrected chi connectivity index (χ3v) is 4.68. The maximum absolute atomic E-state index is 5.70. The molecule has 0 bridgehead atoms. The lowest BCUT2D eigenvalue weighted by Crippen LogP contribution is -2.34. The highest BCUT2D eigenvalue weighted by Crippen LogP contribution is 2.26. The highest BCUT2D eigenvalue weighted by molar-refractivity contribution is 5.27. The second kappa shape index (κ2) is 9.09. The summed E-state index contributed by atoms with van der Waals surface area (Å²) < 4.78 is 5.70. The van der Waals surface area contributed by atoms with Crippen molar-refractivity contribution < 1.29 is 4.74 Å². The van der Waals surface area contributed by atoms with Crippen molar-refractivity contribution in [2.45, 2.75) is 71.4 Å². The Morgan fingerprint density at radius 3 is 2.52 bits per heavy atom. The van der Waals surface area contributed by atoms with E-state index in [1.807, 2.05) is 0 Å². The summed E-state index contributed by atoms with van der Waals surface area (Å²) >= 11 is 0. The van der Waals surface area contributed by atoms with Gasteiger partial charge in [-0.25, -0.2) is 0 Å². The minimum atomic E-state index is 0.630. The highest BCUT2D eigenvalue weighted by atomic mass is 16.5. The van der Waals surface area contributed by atoms with Crippen molar-refractivity contribution in [2.24, 2.45) is 5.92 Å². The van der Waals surface area contributed by atoms with Crippen molar-refractivity contribution in [2.75, 3.05) is 6.61 Å². The molecule has 2 rings (SSSR count). The molecule has 0 heterocycles. The van der Waals surface area contributed by atoms with Crippen LogP contribution in [0.2, 0.25) is 0 Å². The molecular weight excluding hydrogens is 258 g/mol. The molecule has 0 aliphatic heterocycles. The molecule has 21 heavy (non-hydrogen) atoms. The van der Waals surface area contributed by atoms with Crippen LogP contribution in [0.1, 0.15) is 64.4 Å². The molecule has 1 unspecified atom stereocenters. The van der Waals surface area contributed by atoms with Gasteiger partial charge in [-0.2, -0.15) is 0 Å². The van der Waals surface area contributed by atoms with E-state index in [1.54, 1.807) is 0 Å². The average molecular weight is 289 g/mol. The molecule has 1 aliphatic carbocycles. The zero-order chi connectivity index (χ0) is 14.9. The van der Waals surface area contributed by atoms with Crippen molar-refractivity contribution in [1.29, 1.82) is 0 Å². The molecule has 0 amide bonds. The van der Waals surface area contributed by atoms with E-state index < -0.39 is 0 Å². The van der Waals surface area contributed by atoms with Crippen LogP contribution in [0.4, 0.5) is 0 Å². The monoisotopic (exact) mass is 289 g/mol. The third kappa shape index (κ3) is 5.70. The predicted octanol–water partition coefficient (Wildman–Crippen LogP) is 4.92. The Balaban J connectivity index is 1.72. The van der Waals surface area contributed by atoms with Crippen LogP contribution in [0.15, 0.2) is 24.3 Å².